The minimum Gasteiger partial charge on any atom is -0.357 e. The van der Waals surface area contributed by atoms with Gasteiger partial charge in [0.15, 0.2) is 5.78 Å². The molecule has 1 aromatic carbocycles. The summed E-state index contributed by atoms with van der Waals surface area (Å²) in [5, 5.41) is 2.83. The zero-order valence-corrected chi connectivity index (χ0v) is 14.4. The predicted molar refractivity (Wildman–Crippen MR) is 92.4 cm³/mol. The highest BCUT2D eigenvalue weighted by atomic mass is 32.2. The van der Waals surface area contributed by atoms with Crippen LogP contribution in [0.1, 0.15) is 28.5 Å². The lowest BCUT2D eigenvalue weighted by Gasteiger charge is -2.07. The zero-order chi connectivity index (χ0) is 17.6. The lowest BCUT2D eigenvalue weighted by atomic mass is 10.0. The third-order valence-electron chi connectivity index (χ3n) is 3.40. The van der Waals surface area contributed by atoms with E-state index in [1.807, 2.05) is 0 Å². The van der Waals surface area contributed by atoms with E-state index in [0.717, 1.165) is 5.56 Å². The molecule has 0 atom stereocenters. The summed E-state index contributed by atoms with van der Waals surface area (Å²) in [6, 6.07) is 8.61. The number of rotatable bonds is 8. The van der Waals surface area contributed by atoms with Crippen molar-refractivity contribution >= 4 is 21.8 Å². The Kier molecular flexibility index (Phi) is 5.99. The smallest absolute Gasteiger partial charge is 0.222 e. The van der Waals surface area contributed by atoms with Gasteiger partial charge in [-0.25, -0.2) is 23.1 Å². The zero-order valence-electron chi connectivity index (χ0n) is 13.6. The van der Waals surface area contributed by atoms with Gasteiger partial charge in [-0.05, 0) is 24.6 Å². The summed E-state index contributed by atoms with van der Waals surface area (Å²) in [6.45, 7) is 1.73. The van der Waals surface area contributed by atoms with E-state index in [9.17, 15) is 13.2 Å². The number of Topliss-reactive ketones (excluding diaryl/α,β-unsaturated/α-hetero) is 1. The lowest BCUT2D eigenvalue weighted by Crippen LogP contribution is -2.24. The first-order valence-corrected chi connectivity index (χ1v) is 9.18. The second-order valence-electron chi connectivity index (χ2n) is 5.15. The number of hydrogen-bond donors (Lipinski definition) is 2. The van der Waals surface area contributed by atoms with E-state index in [-0.39, 0.29) is 24.5 Å². The van der Waals surface area contributed by atoms with Gasteiger partial charge in [0.2, 0.25) is 16.0 Å². The second kappa shape index (κ2) is 7.98. The first-order valence-electron chi connectivity index (χ1n) is 7.52. The van der Waals surface area contributed by atoms with Crippen molar-refractivity contribution in [2.75, 3.05) is 18.1 Å². The number of ketones is 1. The summed E-state index contributed by atoms with van der Waals surface area (Å²) < 4.78 is 25.5. The Morgan fingerprint density at radius 2 is 2.04 bits per heavy atom. The fourth-order valence-corrected chi connectivity index (χ4v) is 2.62. The Bertz CT molecular complexity index is 822. The molecule has 0 bridgehead atoms. The number of carbonyl (C=O) groups excluding carboxylic acids is 1. The van der Waals surface area contributed by atoms with Crippen LogP contribution in [0.25, 0.3) is 0 Å². The van der Waals surface area contributed by atoms with Crippen molar-refractivity contribution in [2.45, 2.75) is 19.9 Å². The summed E-state index contributed by atoms with van der Waals surface area (Å²) in [6.07, 6.45) is 1.75. The van der Waals surface area contributed by atoms with Crippen LogP contribution in [0.4, 0.5) is 5.95 Å². The summed E-state index contributed by atoms with van der Waals surface area (Å²) in [5.74, 6) is 0.395. The van der Waals surface area contributed by atoms with Gasteiger partial charge in [0.05, 0.1) is 17.9 Å². The number of nitrogens with zero attached hydrogens (tertiary/aromatic N) is 2. The number of sulfonamides is 1. The van der Waals surface area contributed by atoms with Gasteiger partial charge in [0.25, 0.3) is 0 Å². The van der Waals surface area contributed by atoms with Gasteiger partial charge in [-0.15, -0.1) is 0 Å². The monoisotopic (exact) mass is 348 g/mol. The average molecular weight is 348 g/mol. The highest BCUT2D eigenvalue weighted by Crippen LogP contribution is 2.10. The fourth-order valence-electron chi connectivity index (χ4n) is 2.03. The van der Waals surface area contributed by atoms with E-state index in [2.05, 4.69) is 20.0 Å². The molecule has 2 N–H and O–H groups in total. The van der Waals surface area contributed by atoms with Crippen LogP contribution in [0.2, 0.25) is 0 Å². The molecule has 0 spiro atoms. The molecular weight excluding hydrogens is 328 g/mol. The van der Waals surface area contributed by atoms with Gasteiger partial charge in [0.1, 0.15) is 0 Å². The van der Waals surface area contributed by atoms with Crippen molar-refractivity contribution in [3.8, 4) is 0 Å². The van der Waals surface area contributed by atoms with E-state index >= 15 is 0 Å². The van der Waals surface area contributed by atoms with Crippen molar-refractivity contribution < 1.29 is 13.2 Å². The van der Waals surface area contributed by atoms with Gasteiger partial charge in [0, 0.05) is 25.4 Å². The average Bonchev–Trinajstić information content (AvgIpc) is 2.60. The van der Waals surface area contributed by atoms with E-state index in [1.165, 1.54) is 0 Å². The Morgan fingerprint density at radius 3 is 2.75 bits per heavy atom. The third kappa shape index (κ3) is 5.10. The van der Waals surface area contributed by atoms with Gasteiger partial charge < -0.3 is 5.32 Å². The topological polar surface area (TPSA) is 101 Å². The Hall–Kier alpha value is -2.32. The fraction of sp³-hybridized carbons (Fsp3) is 0.312. The molecule has 2 rings (SSSR count). The first kappa shape index (κ1) is 18.0. The molecule has 24 heavy (non-hydrogen) atoms. The standard InChI is InChI=1S/C16H20N4O3S/c1-3-24(22,23)19-11-12-5-4-6-13(9-12)15(21)10-14-7-8-18-16(17-2)20-14/h4-9,19H,3,10-11H2,1-2H3,(H,17,18,20). The van der Waals surface area contributed by atoms with Gasteiger partial charge in [-0.1, -0.05) is 18.2 Å². The van der Waals surface area contributed by atoms with Crippen molar-refractivity contribution in [3.63, 3.8) is 0 Å². The number of carbonyl (C=O) groups is 1. The summed E-state index contributed by atoms with van der Waals surface area (Å²) >= 11 is 0. The highest BCUT2D eigenvalue weighted by Gasteiger charge is 2.11. The van der Waals surface area contributed by atoms with Crippen molar-refractivity contribution in [3.05, 3.63) is 53.3 Å². The van der Waals surface area contributed by atoms with Crippen LogP contribution in [-0.2, 0) is 23.0 Å². The molecule has 0 saturated carbocycles. The molecule has 1 heterocycles. The summed E-state index contributed by atoms with van der Waals surface area (Å²) in [7, 11) is -1.56. The number of benzene rings is 1. The molecule has 0 unspecified atom stereocenters. The second-order valence-corrected chi connectivity index (χ2v) is 7.24. The van der Waals surface area contributed by atoms with Crippen LogP contribution < -0.4 is 10.0 Å². The van der Waals surface area contributed by atoms with E-state index in [0.29, 0.717) is 17.2 Å². The van der Waals surface area contributed by atoms with Crippen LogP contribution >= 0.6 is 0 Å². The molecule has 8 heteroatoms. The minimum atomic E-state index is -3.27. The minimum absolute atomic E-state index is 0.0210. The SMILES string of the molecule is CCS(=O)(=O)NCc1cccc(C(=O)Cc2ccnc(NC)n2)c1. The molecule has 0 fully saturated rings. The molecule has 0 aliphatic heterocycles. The number of aromatic nitrogens is 2. The van der Waals surface area contributed by atoms with Crippen LogP contribution in [0, 0.1) is 0 Å². The number of anilines is 1. The molecule has 0 radical (unpaired) electrons. The molecule has 0 saturated heterocycles. The highest BCUT2D eigenvalue weighted by molar-refractivity contribution is 7.89. The molecule has 0 aliphatic carbocycles. The molecule has 1 aromatic heterocycles. The third-order valence-corrected chi connectivity index (χ3v) is 4.75. The lowest BCUT2D eigenvalue weighted by molar-refractivity contribution is 0.0992. The van der Waals surface area contributed by atoms with Gasteiger partial charge in [-0.3, -0.25) is 4.79 Å². The van der Waals surface area contributed by atoms with E-state index in [1.54, 1.807) is 50.5 Å². The van der Waals surface area contributed by atoms with E-state index in [4.69, 9.17) is 0 Å². The van der Waals surface area contributed by atoms with Gasteiger partial charge >= 0.3 is 0 Å². The predicted octanol–water partition coefficient (Wildman–Crippen LogP) is 1.38. The molecule has 0 amide bonds. The summed E-state index contributed by atoms with van der Waals surface area (Å²) in [5.41, 5.74) is 1.88. The maximum Gasteiger partial charge on any atom is 0.222 e. The number of hydrogen-bond acceptors (Lipinski definition) is 6. The molecule has 128 valence electrons. The molecule has 2 aromatic rings. The van der Waals surface area contributed by atoms with E-state index < -0.39 is 10.0 Å². The maximum absolute atomic E-state index is 12.4. The van der Waals surface area contributed by atoms with Crippen molar-refractivity contribution in [2.24, 2.45) is 0 Å². The van der Waals surface area contributed by atoms with Crippen LogP contribution in [0.5, 0.6) is 0 Å². The Labute approximate surface area is 141 Å². The number of nitrogens with one attached hydrogen (secondary N) is 2. The largest absolute Gasteiger partial charge is 0.357 e. The molecule has 0 aliphatic rings. The molecule has 7 nitrogen and oxygen atoms in total. The van der Waals surface area contributed by atoms with Crippen LogP contribution in [0.15, 0.2) is 36.5 Å². The quantitative estimate of drug-likeness (QED) is 0.699. The van der Waals surface area contributed by atoms with Crippen LogP contribution in [0.3, 0.4) is 0 Å². The maximum atomic E-state index is 12.4. The summed E-state index contributed by atoms with van der Waals surface area (Å²) in [4.78, 5) is 20.6. The Morgan fingerprint density at radius 1 is 1.25 bits per heavy atom. The van der Waals surface area contributed by atoms with Crippen molar-refractivity contribution in [1.82, 2.24) is 14.7 Å². The first-order chi connectivity index (χ1) is 11.4. The van der Waals surface area contributed by atoms with Crippen molar-refractivity contribution in [1.29, 1.82) is 0 Å². The Balaban J connectivity index is 2.08. The normalized spacial score (nSPS) is 11.2. The van der Waals surface area contributed by atoms with Crippen LogP contribution in [-0.4, -0.2) is 37.0 Å². The van der Waals surface area contributed by atoms with Gasteiger partial charge in [-0.2, -0.15) is 0 Å². The molecular formula is C16H20N4O3S.